The number of hydrogen-bond acceptors (Lipinski definition) is 4. The number of carbonyl (C=O) groups is 1. The summed E-state index contributed by atoms with van der Waals surface area (Å²) in [5.41, 5.74) is 0.0444. The molecule has 0 saturated heterocycles. The molecule has 12 heavy (non-hydrogen) atoms. The molecular weight excluding hydrogens is 158 g/mol. The number of methoxy groups -OCH3 is 1. The number of esters is 1. The molecule has 0 spiro atoms. The molecule has 1 heterocycles. The molecule has 0 aliphatic rings. The van der Waals surface area contributed by atoms with Crippen LogP contribution >= 0.6 is 0 Å². The number of nitrogens with zero attached hydrogens (tertiary/aromatic N) is 2. The van der Waals surface area contributed by atoms with Gasteiger partial charge in [-0.25, -0.2) is 4.98 Å². The van der Waals surface area contributed by atoms with E-state index in [-0.39, 0.29) is 18.1 Å². The Balaban J connectivity index is 2.83. The smallest absolute Gasteiger partial charge is 0.325 e. The third kappa shape index (κ3) is 1.91. The van der Waals surface area contributed by atoms with Gasteiger partial charge in [-0.2, -0.15) is 0 Å². The summed E-state index contributed by atoms with van der Waals surface area (Å²) in [6, 6.07) is 1.65. The maximum atomic E-state index is 10.8. The summed E-state index contributed by atoms with van der Waals surface area (Å²) < 4.78 is 5.83. The Bertz CT molecular complexity index is 331. The van der Waals surface area contributed by atoms with Gasteiger partial charge in [0.25, 0.3) is 0 Å². The molecule has 0 unspecified atom stereocenters. The standard InChI is InChI=1S/C7H9N3O2/c1-12-6(11)5-10-4-2-3-9-7(10)8/h2-4,8H,5H2,1H3. The van der Waals surface area contributed by atoms with Crippen molar-refractivity contribution in [2.75, 3.05) is 7.11 Å². The van der Waals surface area contributed by atoms with Crippen LogP contribution in [0.4, 0.5) is 0 Å². The second-order valence-electron chi connectivity index (χ2n) is 2.15. The highest BCUT2D eigenvalue weighted by molar-refractivity contribution is 5.68. The first-order valence-electron chi connectivity index (χ1n) is 3.37. The maximum absolute atomic E-state index is 10.8. The van der Waals surface area contributed by atoms with Crippen LogP contribution in [0.3, 0.4) is 0 Å². The average Bonchev–Trinajstić information content (AvgIpc) is 2.09. The predicted molar refractivity (Wildman–Crippen MR) is 40.1 cm³/mol. The molecular formula is C7H9N3O2. The van der Waals surface area contributed by atoms with Gasteiger partial charge in [0.2, 0.25) is 5.62 Å². The van der Waals surface area contributed by atoms with Crippen LogP contribution in [0.1, 0.15) is 0 Å². The molecule has 1 aromatic rings. The number of nitrogens with one attached hydrogen (secondary N) is 1. The fourth-order valence-corrected chi connectivity index (χ4v) is 0.732. The van der Waals surface area contributed by atoms with Crippen molar-refractivity contribution >= 4 is 5.97 Å². The number of rotatable bonds is 2. The van der Waals surface area contributed by atoms with Gasteiger partial charge >= 0.3 is 5.97 Å². The maximum Gasteiger partial charge on any atom is 0.325 e. The minimum atomic E-state index is -0.387. The van der Waals surface area contributed by atoms with E-state index < -0.39 is 0 Å². The topological polar surface area (TPSA) is 68.0 Å². The van der Waals surface area contributed by atoms with E-state index in [1.54, 1.807) is 12.3 Å². The van der Waals surface area contributed by atoms with E-state index in [2.05, 4.69) is 9.72 Å². The first kappa shape index (κ1) is 8.45. The predicted octanol–water partition coefficient (Wildman–Crippen LogP) is -0.464. The van der Waals surface area contributed by atoms with Gasteiger partial charge in [-0.1, -0.05) is 0 Å². The van der Waals surface area contributed by atoms with Crippen LogP contribution in [-0.4, -0.2) is 22.6 Å². The molecule has 0 aliphatic heterocycles. The molecule has 0 aliphatic carbocycles. The van der Waals surface area contributed by atoms with E-state index in [0.29, 0.717) is 0 Å². The minimum absolute atomic E-state index is 0.0309. The lowest BCUT2D eigenvalue weighted by Gasteiger charge is -2.02. The molecule has 0 radical (unpaired) electrons. The normalized spacial score (nSPS) is 9.42. The Morgan fingerprint density at radius 1 is 1.83 bits per heavy atom. The summed E-state index contributed by atoms with van der Waals surface area (Å²) in [6.07, 6.45) is 3.10. The van der Waals surface area contributed by atoms with E-state index in [0.717, 1.165) is 0 Å². The van der Waals surface area contributed by atoms with Crippen molar-refractivity contribution in [3.8, 4) is 0 Å². The summed E-state index contributed by atoms with van der Waals surface area (Å²) >= 11 is 0. The number of aromatic nitrogens is 2. The fourth-order valence-electron chi connectivity index (χ4n) is 0.732. The zero-order valence-corrected chi connectivity index (χ0v) is 6.65. The quantitative estimate of drug-likeness (QED) is 0.606. The van der Waals surface area contributed by atoms with E-state index in [1.807, 2.05) is 0 Å². The number of carbonyl (C=O) groups excluding carboxylic acids is 1. The largest absolute Gasteiger partial charge is 0.468 e. The van der Waals surface area contributed by atoms with Crippen LogP contribution in [0, 0.1) is 5.41 Å². The van der Waals surface area contributed by atoms with E-state index in [1.165, 1.54) is 17.9 Å². The van der Waals surface area contributed by atoms with Gasteiger partial charge in [-0.05, 0) is 6.07 Å². The molecule has 0 atom stereocenters. The SMILES string of the molecule is COC(=O)Cn1cccnc1=N. The van der Waals surface area contributed by atoms with Crippen molar-refractivity contribution in [3.05, 3.63) is 24.1 Å². The van der Waals surface area contributed by atoms with Crippen LogP contribution in [0.2, 0.25) is 0 Å². The zero-order valence-electron chi connectivity index (χ0n) is 6.65. The van der Waals surface area contributed by atoms with Crippen LogP contribution in [0.15, 0.2) is 18.5 Å². The molecule has 0 amide bonds. The van der Waals surface area contributed by atoms with Gasteiger partial charge in [0.05, 0.1) is 7.11 Å². The molecule has 0 fully saturated rings. The van der Waals surface area contributed by atoms with Crippen molar-refractivity contribution in [1.29, 1.82) is 5.41 Å². The second-order valence-corrected chi connectivity index (χ2v) is 2.15. The van der Waals surface area contributed by atoms with Crippen molar-refractivity contribution < 1.29 is 9.53 Å². The molecule has 64 valence electrons. The van der Waals surface area contributed by atoms with Crippen LogP contribution in [0.5, 0.6) is 0 Å². The van der Waals surface area contributed by atoms with Crippen LogP contribution in [0.25, 0.3) is 0 Å². The lowest BCUT2D eigenvalue weighted by atomic mass is 10.6. The molecule has 0 bridgehead atoms. The monoisotopic (exact) mass is 167 g/mol. The molecule has 1 rings (SSSR count). The van der Waals surface area contributed by atoms with Gasteiger partial charge in [0, 0.05) is 12.4 Å². The van der Waals surface area contributed by atoms with Crippen LogP contribution in [-0.2, 0) is 16.1 Å². The molecule has 5 heteroatoms. The van der Waals surface area contributed by atoms with Gasteiger partial charge in [-0.3, -0.25) is 10.2 Å². The first-order chi connectivity index (χ1) is 5.74. The summed E-state index contributed by atoms with van der Waals surface area (Å²) in [5.74, 6) is -0.387. The first-order valence-corrected chi connectivity index (χ1v) is 3.37. The third-order valence-electron chi connectivity index (χ3n) is 1.35. The Labute approximate surface area is 69.1 Å². The van der Waals surface area contributed by atoms with Gasteiger partial charge in [0.1, 0.15) is 6.54 Å². The van der Waals surface area contributed by atoms with Crippen molar-refractivity contribution in [1.82, 2.24) is 9.55 Å². The Morgan fingerprint density at radius 3 is 3.17 bits per heavy atom. The molecule has 0 aromatic carbocycles. The summed E-state index contributed by atoms with van der Waals surface area (Å²) in [7, 11) is 1.31. The zero-order chi connectivity index (χ0) is 8.97. The van der Waals surface area contributed by atoms with Crippen molar-refractivity contribution in [2.45, 2.75) is 6.54 Å². The third-order valence-corrected chi connectivity index (χ3v) is 1.35. The Kier molecular flexibility index (Phi) is 2.57. The fraction of sp³-hybridized carbons (Fsp3) is 0.286. The summed E-state index contributed by atoms with van der Waals surface area (Å²) in [4.78, 5) is 14.5. The molecule has 1 N–H and O–H groups in total. The average molecular weight is 167 g/mol. The van der Waals surface area contributed by atoms with Crippen LogP contribution < -0.4 is 5.62 Å². The van der Waals surface area contributed by atoms with Crippen molar-refractivity contribution in [3.63, 3.8) is 0 Å². The lowest BCUT2D eigenvalue weighted by molar-refractivity contribution is -0.141. The highest BCUT2D eigenvalue weighted by Crippen LogP contribution is 1.81. The second kappa shape index (κ2) is 3.66. The van der Waals surface area contributed by atoms with E-state index >= 15 is 0 Å². The Morgan fingerprint density at radius 2 is 2.58 bits per heavy atom. The summed E-state index contributed by atoms with van der Waals surface area (Å²) in [5, 5.41) is 7.28. The minimum Gasteiger partial charge on any atom is -0.468 e. The highest BCUT2D eigenvalue weighted by atomic mass is 16.5. The van der Waals surface area contributed by atoms with Crippen molar-refractivity contribution in [2.24, 2.45) is 0 Å². The van der Waals surface area contributed by atoms with E-state index in [4.69, 9.17) is 5.41 Å². The summed E-state index contributed by atoms with van der Waals surface area (Å²) in [6.45, 7) is 0.0309. The van der Waals surface area contributed by atoms with E-state index in [9.17, 15) is 4.79 Å². The highest BCUT2D eigenvalue weighted by Gasteiger charge is 2.00. The van der Waals surface area contributed by atoms with Gasteiger partial charge < -0.3 is 9.30 Å². The Hall–Kier alpha value is -1.65. The molecule has 1 aromatic heterocycles. The lowest BCUT2D eigenvalue weighted by Crippen LogP contribution is -2.25. The van der Waals surface area contributed by atoms with Gasteiger partial charge in [-0.15, -0.1) is 0 Å². The van der Waals surface area contributed by atoms with Gasteiger partial charge in [0.15, 0.2) is 0 Å². The number of ether oxygens (including phenoxy) is 1. The molecule has 0 saturated carbocycles. The molecule has 5 nitrogen and oxygen atoms in total. The number of hydrogen-bond donors (Lipinski definition) is 1.